The number of hydrogen-bond acceptors (Lipinski definition) is 4. The lowest BCUT2D eigenvalue weighted by Gasteiger charge is -2.06. The molecule has 0 aliphatic rings. The van der Waals surface area contributed by atoms with Gasteiger partial charge in [0.15, 0.2) is 11.5 Å². The third-order valence-corrected chi connectivity index (χ3v) is 2.87. The maximum atomic E-state index is 4.28. The Morgan fingerprint density at radius 3 is 2.83 bits per heavy atom. The van der Waals surface area contributed by atoms with Gasteiger partial charge in [0.1, 0.15) is 6.33 Å². The molecule has 5 nitrogen and oxygen atoms in total. The number of fused-ring (bicyclic) bond motifs is 1. The van der Waals surface area contributed by atoms with Crippen LogP contribution in [0.3, 0.4) is 0 Å². The van der Waals surface area contributed by atoms with Crippen LogP contribution in [0.5, 0.6) is 0 Å². The first kappa shape index (κ1) is 10.7. The molecule has 0 fully saturated rings. The fourth-order valence-electron chi connectivity index (χ4n) is 1.97. The zero-order valence-corrected chi connectivity index (χ0v) is 10.3. The average Bonchev–Trinajstić information content (AvgIpc) is 2.81. The quantitative estimate of drug-likeness (QED) is 0.744. The van der Waals surface area contributed by atoms with E-state index in [0.717, 1.165) is 28.4 Å². The van der Waals surface area contributed by atoms with Gasteiger partial charge in [-0.15, -0.1) is 10.2 Å². The molecule has 90 valence electrons. The molecule has 18 heavy (non-hydrogen) atoms. The van der Waals surface area contributed by atoms with Crippen LogP contribution >= 0.6 is 0 Å². The summed E-state index contributed by atoms with van der Waals surface area (Å²) in [5.74, 6) is 0.794. The van der Waals surface area contributed by atoms with Crippen LogP contribution in [-0.2, 0) is 0 Å². The minimum atomic E-state index is 0.794. The van der Waals surface area contributed by atoms with Crippen molar-refractivity contribution in [1.29, 1.82) is 0 Å². The zero-order chi connectivity index (χ0) is 12.5. The van der Waals surface area contributed by atoms with E-state index in [0.29, 0.717) is 0 Å². The van der Waals surface area contributed by atoms with E-state index < -0.39 is 0 Å². The van der Waals surface area contributed by atoms with Crippen LogP contribution in [-0.4, -0.2) is 26.6 Å². The molecule has 3 rings (SSSR count). The molecule has 0 spiro atoms. The summed E-state index contributed by atoms with van der Waals surface area (Å²) < 4.78 is 1.89. The molecule has 0 radical (unpaired) electrons. The summed E-state index contributed by atoms with van der Waals surface area (Å²) >= 11 is 0. The number of benzene rings is 1. The minimum Gasteiger partial charge on any atom is -0.388 e. The van der Waals surface area contributed by atoms with Crippen molar-refractivity contribution < 1.29 is 0 Å². The van der Waals surface area contributed by atoms with Gasteiger partial charge in [0.05, 0.1) is 0 Å². The molecule has 0 saturated carbocycles. The first-order valence-electron chi connectivity index (χ1n) is 5.74. The molecule has 1 N–H and O–H groups in total. The Balaban J connectivity index is 2.26. The topological polar surface area (TPSA) is 55.1 Å². The second kappa shape index (κ2) is 4.10. The smallest absolute Gasteiger partial charge is 0.171 e. The van der Waals surface area contributed by atoms with Crippen LogP contribution in [0.15, 0.2) is 36.7 Å². The lowest BCUT2D eigenvalue weighted by molar-refractivity contribution is 1.05. The van der Waals surface area contributed by atoms with E-state index in [1.165, 1.54) is 0 Å². The highest BCUT2D eigenvalue weighted by Gasteiger charge is 2.11. The highest BCUT2D eigenvalue weighted by molar-refractivity contribution is 5.74. The molecule has 1 aromatic carbocycles. The van der Waals surface area contributed by atoms with Crippen molar-refractivity contribution in [3.05, 3.63) is 42.4 Å². The van der Waals surface area contributed by atoms with E-state index in [9.17, 15) is 0 Å². The Labute approximate surface area is 105 Å². The lowest BCUT2D eigenvalue weighted by Crippen LogP contribution is -1.96. The molecule has 0 aliphatic carbocycles. The average molecular weight is 239 g/mol. The van der Waals surface area contributed by atoms with Crippen molar-refractivity contribution in [2.45, 2.75) is 6.92 Å². The van der Waals surface area contributed by atoms with Gasteiger partial charge in [0.2, 0.25) is 0 Å². The first-order valence-corrected chi connectivity index (χ1v) is 5.74. The Bertz CT molecular complexity index is 701. The lowest BCUT2D eigenvalue weighted by atomic mass is 10.1. The maximum Gasteiger partial charge on any atom is 0.171 e. The highest BCUT2D eigenvalue weighted by Crippen LogP contribution is 2.26. The number of hydrogen-bond donors (Lipinski definition) is 1. The first-order chi connectivity index (χ1) is 8.79. The van der Waals surface area contributed by atoms with Gasteiger partial charge in [-0.2, -0.15) is 0 Å². The summed E-state index contributed by atoms with van der Waals surface area (Å²) in [4.78, 5) is 4.28. The van der Waals surface area contributed by atoms with Crippen molar-refractivity contribution in [2.75, 3.05) is 12.4 Å². The minimum absolute atomic E-state index is 0.794. The molecule has 0 aliphatic heterocycles. The number of nitrogens with zero attached hydrogens (tertiary/aromatic N) is 4. The molecule has 2 aromatic heterocycles. The van der Waals surface area contributed by atoms with E-state index in [-0.39, 0.29) is 0 Å². The predicted molar refractivity (Wildman–Crippen MR) is 70.5 cm³/mol. The van der Waals surface area contributed by atoms with E-state index in [4.69, 9.17) is 0 Å². The van der Waals surface area contributed by atoms with Gasteiger partial charge in [-0.25, -0.2) is 4.98 Å². The number of aryl methyl sites for hydroxylation is 1. The summed E-state index contributed by atoms with van der Waals surface area (Å²) in [6, 6.07) is 9.92. The Morgan fingerprint density at radius 1 is 1.17 bits per heavy atom. The van der Waals surface area contributed by atoms with Crippen molar-refractivity contribution in [3.63, 3.8) is 0 Å². The molecular weight excluding hydrogens is 226 g/mol. The predicted octanol–water partition coefficient (Wildman–Crippen LogP) is 2.14. The standard InChI is InChI=1S/C13H13N5/c1-9-7-12-16-17-13(18(12)8-15-9)10-5-3-4-6-11(10)14-2/h3-8,14H,1-2H3. The highest BCUT2D eigenvalue weighted by atomic mass is 15.3. The second-order valence-corrected chi connectivity index (χ2v) is 4.08. The van der Waals surface area contributed by atoms with Crippen molar-refractivity contribution in [1.82, 2.24) is 19.6 Å². The Hall–Kier alpha value is -2.43. The van der Waals surface area contributed by atoms with E-state index in [2.05, 4.69) is 20.5 Å². The van der Waals surface area contributed by atoms with Crippen LogP contribution in [0.1, 0.15) is 5.69 Å². The Morgan fingerprint density at radius 2 is 2.00 bits per heavy atom. The van der Waals surface area contributed by atoms with Crippen LogP contribution in [0.2, 0.25) is 0 Å². The molecule has 2 heterocycles. The molecular formula is C13H13N5. The van der Waals surface area contributed by atoms with Crippen molar-refractivity contribution in [3.8, 4) is 11.4 Å². The molecule has 0 atom stereocenters. The fourth-order valence-corrected chi connectivity index (χ4v) is 1.97. The van der Waals surface area contributed by atoms with E-state index >= 15 is 0 Å². The summed E-state index contributed by atoms with van der Waals surface area (Å²) in [6.07, 6.45) is 1.76. The molecule has 3 aromatic rings. The number of rotatable bonds is 2. The van der Waals surface area contributed by atoms with Crippen LogP contribution in [0.4, 0.5) is 5.69 Å². The van der Waals surface area contributed by atoms with Crippen molar-refractivity contribution in [2.24, 2.45) is 0 Å². The maximum absolute atomic E-state index is 4.28. The van der Waals surface area contributed by atoms with Gasteiger partial charge >= 0.3 is 0 Å². The van der Waals surface area contributed by atoms with Gasteiger partial charge in [-0.1, -0.05) is 12.1 Å². The summed E-state index contributed by atoms with van der Waals surface area (Å²) in [6.45, 7) is 1.94. The second-order valence-electron chi connectivity index (χ2n) is 4.08. The summed E-state index contributed by atoms with van der Waals surface area (Å²) in [5, 5.41) is 11.6. The number of para-hydroxylation sites is 1. The molecule has 0 unspecified atom stereocenters. The van der Waals surface area contributed by atoms with Gasteiger partial charge in [-0.3, -0.25) is 4.40 Å². The van der Waals surface area contributed by atoms with E-state index in [1.54, 1.807) is 6.33 Å². The van der Waals surface area contributed by atoms with Crippen LogP contribution < -0.4 is 5.32 Å². The number of nitrogens with one attached hydrogen (secondary N) is 1. The molecule has 5 heteroatoms. The van der Waals surface area contributed by atoms with Gasteiger partial charge in [0, 0.05) is 30.1 Å². The summed E-state index contributed by atoms with van der Waals surface area (Å²) in [7, 11) is 1.89. The molecule has 0 saturated heterocycles. The van der Waals surface area contributed by atoms with Gasteiger partial charge in [0.25, 0.3) is 0 Å². The summed E-state index contributed by atoms with van der Waals surface area (Å²) in [5.41, 5.74) is 3.78. The van der Waals surface area contributed by atoms with Crippen molar-refractivity contribution >= 4 is 11.3 Å². The molecule has 0 bridgehead atoms. The number of anilines is 1. The third-order valence-electron chi connectivity index (χ3n) is 2.87. The van der Waals surface area contributed by atoms with Gasteiger partial charge in [-0.05, 0) is 19.1 Å². The number of aromatic nitrogens is 4. The van der Waals surface area contributed by atoms with Gasteiger partial charge < -0.3 is 5.32 Å². The third kappa shape index (κ3) is 1.60. The fraction of sp³-hybridized carbons (Fsp3) is 0.154. The zero-order valence-electron chi connectivity index (χ0n) is 10.3. The Kier molecular flexibility index (Phi) is 2.44. The van der Waals surface area contributed by atoms with E-state index in [1.807, 2.05) is 48.7 Å². The largest absolute Gasteiger partial charge is 0.388 e. The van der Waals surface area contributed by atoms with Crippen LogP contribution in [0, 0.1) is 6.92 Å². The SMILES string of the molecule is CNc1ccccc1-c1nnc2cc(C)ncn12. The normalized spacial score (nSPS) is 10.8. The molecule has 0 amide bonds. The monoisotopic (exact) mass is 239 g/mol. The van der Waals surface area contributed by atoms with Crippen LogP contribution in [0.25, 0.3) is 17.0 Å².